The zero-order chi connectivity index (χ0) is 14.5. The Balaban J connectivity index is 2.23. The summed E-state index contributed by atoms with van der Waals surface area (Å²) in [5, 5.41) is 0.00424. The van der Waals surface area contributed by atoms with E-state index in [9.17, 15) is 9.18 Å². The number of hydrogen-bond acceptors (Lipinski definition) is 3. The number of aromatic nitrogens is 2. The second kappa shape index (κ2) is 6.43. The maximum atomic E-state index is 13.2. The van der Waals surface area contributed by atoms with E-state index in [-0.39, 0.29) is 16.6 Å². The molecule has 0 atom stereocenters. The largest absolute Gasteiger partial charge is 0.334 e. The molecule has 0 aliphatic heterocycles. The Kier molecular flexibility index (Phi) is 4.63. The monoisotopic (exact) mass is 293 g/mol. The minimum atomic E-state index is -0.585. The highest BCUT2D eigenvalue weighted by Crippen LogP contribution is 2.17. The van der Waals surface area contributed by atoms with Gasteiger partial charge in [0, 0.05) is 25.5 Å². The fraction of sp³-hybridized carbons (Fsp3) is 0.214. The van der Waals surface area contributed by atoms with Crippen LogP contribution in [0.5, 0.6) is 0 Å². The minimum Gasteiger partial charge on any atom is -0.334 e. The number of rotatable bonds is 4. The molecule has 1 amide bonds. The molecule has 2 heterocycles. The first-order valence-electron chi connectivity index (χ1n) is 6.11. The van der Waals surface area contributed by atoms with Gasteiger partial charge in [0.15, 0.2) is 0 Å². The molecule has 0 aromatic carbocycles. The highest BCUT2D eigenvalue weighted by molar-refractivity contribution is 6.32. The molecule has 0 saturated heterocycles. The molecule has 2 aromatic rings. The average molecular weight is 294 g/mol. The minimum absolute atomic E-state index is 0.00424. The molecule has 0 aliphatic carbocycles. The summed E-state index contributed by atoms with van der Waals surface area (Å²) >= 11 is 5.86. The average Bonchev–Trinajstić information content (AvgIpc) is 2.47. The third-order valence-electron chi connectivity index (χ3n) is 2.83. The van der Waals surface area contributed by atoms with Crippen LogP contribution >= 0.6 is 11.6 Å². The summed E-state index contributed by atoms with van der Waals surface area (Å²) in [6.45, 7) is 2.73. The highest BCUT2D eigenvalue weighted by Gasteiger charge is 2.19. The normalized spacial score (nSPS) is 10.3. The quantitative estimate of drug-likeness (QED) is 0.814. The third-order valence-corrected chi connectivity index (χ3v) is 3.13. The fourth-order valence-electron chi connectivity index (χ4n) is 1.78. The van der Waals surface area contributed by atoms with Crippen molar-refractivity contribution in [1.29, 1.82) is 0 Å². The lowest BCUT2D eigenvalue weighted by atomic mass is 10.2. The van der Waals surface area contributed by atoms with Crippen LogP contribution in [0.1, 0.15) is 22.8 Å². The molecule has 0 unspecified atom stereocenters. The van der Waals surface area contributed by atoms with Gasteiger partial charge in [-0.3, -0.25) is 9.78 Å². The van der Waals surface area contributed by atoms with Crippen molar-refractivity contribution in [2.45, 2.75) is 13.5 Å². The van der Waals surface area contributed by atoms with Gasteiger partial charge in [-0.1, -0.05) is 11.6 Å². The molecule has 0 saturated carbocycles. The summed E-state index contributed by atoms with van der Waals surface area (Å²) in [5.74, 6) is -0.931. The molecule has 0 spiro atoms. The number of carbonyl (C=O) groups is 1. The van der Waals surface area contributed by atoms with E-state index in [2.05, 4.69) is 9.97 Å². The summed E-state index contributed by atoms with van der Waals surface area (Å²) in [6.07, 6.45) is 4.30. The Bertz CT molecular complexity index is 607. The predicted molar refractivity (Wildman–Crippen MR) is 73.9 cm³/mol. The lowest BCUT2D eigenvalue weighted by Crippen LogP contribution is -2.30. The van der Waals surface area contributed by atoms with Crippen LogP contribution in [0, 0.1) is 5.82 Å². The molecular weight excluding hydrogens is 281 g/mol. The molecule has 0 fully saturated rings. The number of pyridine rings is 2. The van der Waals surface area contributed by atoms with Gasteiger partial charge in [0.25, 0.3) is 5.91 Å². The first kappa shape index (κ1) is 14.4. The van der Waals surface area contributed by atoms with Gasteiger partial charge in [-0.15, -0.1) is 0 Å². The van der Waals surface area contributed by atoms with Crippen molar-refractivity contribution < 1.29 is 9.18 Å². The van der Waals surface area contributed by atoms with E-state index in [4.69, 9.17) is 11.6 Å². The molecule has 6 heteroatoms. The first-order valence-corrected chi connectivity index (χ1v) is 6.49. The Hall–Kier alpha value is -2.01. The number of hydrogen-bond donors (Lipinski definition) is 0. The standard InChI is InChI=1S/C14H13ClFN3O/c1-2-19(9-10-3-5-17-6-4-10)14(20)12-7-11(16)8-18-13(12)15/h3-8H,2,9H2,1H3. The van der Waals surface area contributed by atoms with E-state index >= 15 is 0 Å². The van der Waals surface area contributed by atoms with E-state index in [0.717, 1.165) is 17.8 Å². The maximum absolute atomic E-state index is 13.2. The van der Waals surface area contributed by atoms with Gasteiger partial charge in [-0.2, -0.15) is 0 Å². The van der Waals surface area contributed by atoms with Crippen molar-refractivity contribution in [3.63, 3.8) is 0 Å². The van der Waals surface area contributed by atoms with Crippen molar-refractivity contribution >= 4 is 17.5 Å². The van der Waals surface area contributed by atoms with Crippen LogP contribution in [0.25, 0.3) is 0 Å². The first-order chi connectivity index (χ1) is 9.61. The highest BCUT2D eigenvalue weighted by atomic mass is 35.5. The van der Waals surface area contributed by atoms with E-state index < -0.39 is 5.82 Å². The Labute approximate surface area is 121 Å². The zero-order valence-electron chi connectivity index (χ0n) is 10.9. The van der Waals surface area contributed by atoms with Gasteiger partial charge in [0.2, 0.25) is 0 Å². The summed E-state index contributed by atoms with van der Waals surface area (Å²) in [7, 11) is 0. The van der Waals surface area contributed by atoms with Crippen LogP contribution in [0.4, 0.5) is 4.39 Å². The van der Waals surface area contributed by atoms with Gasteiger partial charge in [-0.05, 0) is 30.7 Å². The van der Waals surface area contributed by atoms with Crippen LogP contribution in [0.2, 0.25) is 5.15 Å². The van der Waals surface area contributed by atoms with Crippen molar-refractivity contribution in [1.82, 2.24) is 14.9 Å². The van der Waals surface area contributed by atoms with E-state index in [1.165, 1.54) is 0 Å². The van der Waals surface area contributed by atoms with Gasteiger partial charge in [0.1, 0.15) is 11.0 Å². The molecule has 0 N–H and O–H groups in total. The molecule has 2 aromatic heterocycles. The number of nitrogens with zero attached hydrogens (tertiary/aromatic N) is 3. The number of carbonyl (C=O) groups excluding carboxylic acids is 1. The topological polar surface area (TPSA) is 46.1 Å². The Morgan fingerprint density at radius 1 is 1.40 bits per heavy atom. The number of halogens is 2. The van der Waals surface area contributed by atoms with Gasteiger partial charge < -0.3 is 4.90 Å². The Morgan fingerprint density at radius 3 is 2.75 bits per heavy atom. The molecule has 104 valence electrons. The lowest BCUT2D eigenvalue weighted by molar-refractivity contribution is 0.0751. The van der Waals surface area contributed by atoms with Crippen molar-refractivity contribution in [2.75, 3.05) is 6.54 Å². The molecule has 0 radical (unpaired) electrons. The van der Waals surface area contributed by atoms with Crippen molar-refractivity contribution in [2.24, 2.45) is 0 Å². The SMILES string of the molecule is CCN(Cc1ccncc1)C(=O)c1cc(F)cnc1Cl. The molecular formula is C14H13ClFN3O. The predicted octanol–water partition coefficient (Wildman–Crippen LogP) is 2.93. The van der Waals surface area contributed by atoms with Crippen LogP contribution < -0.4 is 0 Å². The molecule has 0 aliphatic rings. The van der Waals surface area contributed by atoms with Crippen LogP contribution in [0.15, 0.2) is 36.8 Å². The van der Waals surface area contributed by atoms with Gasteiger partial charge in [-0.25, -0.2) is 9.37 Å². The number of amides is 1. The maximum Gasteiger partial charge on any atom is 0.257 e. The lowest BCUT2D eigenvalue weighted by Gasteiger charge is -2.21. The summed E-state index contributed by atoms with van der Waals surface area (Å²) in [6, 6.07) is 4.75. The fourth-order valence-corrected chi connectivity index (χ4v) is 1.96. The van der Waals surface area contributed by atoms with Gasteiger partial charge in [0.05, 0.1) is 11.8 Å². The van der Waals surface area contributed by atoms with E-state index in [0.29, 0.717) is 13.1 Å². The molecule has 2 rings (SSSR count). The summed E-state index contributed by atoms with van der Waals surface area (Å²) in [5.41, 5.74) is 1.01. The van der Waals surface area contributed by atoms with Crippen LogP contribution in [-0.2, 0) is 6.54 Å². The smallest absolute Gasteiger partial charge is 0.257 e. The van der Waals surface area contributed by atoms with Gasteiger partial charge >= 0.3 is 0 Å². The van der Waals surface area contributed by atoms with Crippen molar-refractivity contribution in [3.8, 4) is 0 Å². The zero-order valence-corrected chi connectivity index (χ0v) is 11.6. The molecule has 0 bridgehead atoms. The second-order valence-corrected chi connectivity index (χ2v) is 4.52. The summed E-state index contributed by atoms with van der Waals surface area (Å²) < 4.78 is 13.2. The van der Waals surface area contributed by atoms with Crippen LogP contribution in [-0.4, -0.2) is 27.3 Å². The van der Waals surface area contributed by atoms with Crippen molar-refractivity contribution in [3.05, 3.63) is 58.9 Å². The van der Waals surface area contributed by atoms with E-state index in [1.54, 1.807) is 17.3 Å². The Morgan fingerprint density at radius 2 is 2.10 bits per heavy atom. The molecule has 4 nitrogen and oxygen atoms in total. The second-order valence-electron chi connectivity index (χ2n) is 4.17. The third kappa shape index (κ3) is 3.30. The summed E-state index contributed by atoms with van der Waals surface area (Å²) in [4.78, 5) is 21.5. The van der Waals surface area contributed by atoms with Crippen LogP contribution in [0.3, 0.4) is 0 Å². The molecule has 20 heavy (non-hydrogen) atoms. The van der Waals surface area contributed by atoms with E-state index in [1.807, 2.05) is 19.1 Å².